The molecular weight excluding hydrogens is 399 g/mol. The molecule has 1 aliphatic carbocycles. The lowest BCUT2D eigenvalue weighted by Gasteiger charge is -2.11. The van der Waals surface area contributed by atoms with Gasteiger partial charge in [0.15, 0.2) is 11.6 Å². The second-order valence-corrected chi connectivity index (χ2v) is 9.10. The summed E-state index contributed by atoms with van der Waals surface area (Å²) in [5.41, 5.74) is 2.87. The van der Waals surface area contributed by atoms with E-state index >= 15 is 0 Å². The Morgan fingerprint density at radius 3 is 2.90 bits per heavy atom. The predicted molar refractivity (Wildman–Crippen MR) is 118 cm³/mol. The molecule has 1 fully saturated rings. The highest BCUT2D eigenvalue weighted by atomic mass is 32.1. The van der Waals surface area contributed by atoms with Gasteiger partial charge in [0.25, 0.3) is 0 Å². The third-order valence-corrected chi connectivity index (χ3v) is 6.80. The van der Waals surface area contributed by atoms with Gasteiger partial charge in [-0.15, -0.1) is 11.3 Å². The van der Waals surface area contributed by atoms with Gasteiger partial charge in [-0.05, 0) is 61.1 Å². The summed E-state index contributed by atoms with van der Waals surface area (Å²) in [6.07, 6.45) is 8.06. The standard InChI is InChI=1S/C24H23FN2O2S/c25-19-13-16(12-18(28)11-15-1-2-15)3-4-21(19)29-22-7-10-27-20-14-23(30-24(20)22)17-5-8-26-9-6-17/h3-5,7,10,13-15,26H,1-2,6,8-9,11-12H2. The Bertz CT molecular complexity index is 1130. The van der Waals surface area contributed by atoms with Gasteiger partial charge < -0.3 is 10.1 Å². The fourth-order valence-electron chi connectivity index (χ4n) is 3.80. The molecule has 1 aromatic carbocycles. The maximum Gasteiger partial charge on any atom is 0.166 e. The zero-order chi connectivity index (χ0) is 20.5. The number of hydrogen-bond acceptors (Lipinski definition) is 5. The molecule has 0 atom stereocenters. The fraction of sp³-hybridized carbons (Fsp3) is 0.333. The third-order valence-electron chi connectivity index (χ3n) is 5.59. The molecule has 30 heavy (non-hydrogen) atoms. The molecule has 4 nitrogen and oxygen atoms in total. The van der Waals surface area contributed by atoms with Gasteiger partial charge >= 0.3 is 0 Å². The molecule has 3 aromatic rings. The van der Waals surface area contributed by atoms with Crippen LogP contribution in [-0.4, -0.2) is 23.9 Å². The lowest BCUT2D eigenvalue weighted by molar-refractivity contribution is -0.118. The van der Waals surface area contributed by atoms with Crippen LogP contribution in [0.5, 0.6) is 11.5 Å². The number of fused-ring (bicyclic) bond motifs is 1. The summed E-state index contributed by atoms with van der Waals surface area (Å²) in [5.74, 6) is 1.05. The van der Waals surface area contributed by atoms with Crippen LogP contribution in [0.15, 0.2) is 42.6 Å². The number of carbonyl (C=O) groups is 1. The first-order valence-electron chi connectivity index (χ1n) is 10.4. The van der Waals surface area contributed by atoms with Crippen molar-refractivity contribution in [1.29, 1.82) is 0 Å². The quantitative estimate of drug-likeness (QED) is 0.545. The largest absolute Gasteiger partial charge is 0.453 e. The average Bonchev–Trinajstić information content (AvgIpc) is 3.44. The zero-order valence-electron chi connectivity index (χ0n) is 16.6. The summed E-state index contributed by atoms with van der Waals surface area (Å²) in [5, 5.41) is 3.32. The molecule has 6 heteroatoms. The third kappa shape index (κ3) is 4.30. The second kappa shape index (κ2) is 8.28. The number of nitrogens with one attached hydrogen (secondary N) is 1. The van der Waals surface area contributed by atoms with Crippen LogP contribution in [-0.2, 0) is 11.2 Å². The highest BCUT2D eigenvalue weighted by molar-refractivity contribution is 7.20. The van der Waals surface area contributed by atoms with Crippen LogP contribution in [0.3, 0.4) is 0 Å². The Hall–Kier alpha value is -2.57. The molecule has 0 unspecified atom stereocenters. The van der Waals surface area contributed by atoms with Crippen molar-refractivity contribution in [2.75, 3.05) is 13.1 Å². The number of pyridine rings is 1. The van der Waals surface area contributed by atoms with E-state index in [4.69, 9.17) is 4.74 Å². The van der Waals surface area contributed by atoms with Crippen molar-refractivity contribution < 1.29 is 13.9 Å². The second-order valence-electron chi connectivity index (χ2n) is 8.05. The topological polar surface area (TPSA) is 51.2 Å². The van der Waals surface area contributed by atoms with Crippen LogP contribution < -0.4 is 10.1 Å². The van der Waals surface area contributed by atoms with Gasteiger partial charge in [-0.25, -0.2) is 4.39 Å². The Balaban J connectivity index is 1.36. The van der Waals surface area contributed by atoms with Gasteiger partial charge in [-0.3, -0.25) is 9.78 Å². The minimum atomic E-state index is -0.450. The number of benzene rings is 1. The summed E-state index contributed by atoms with van der Waals surface area (Å²) >= 11 is 1.63. The molecule has 154 valence electrons. The number of nitrogens with zero attached hydrogens (tertiary/aromatic N) is 1. The van der Waals surface area contributed by atoms with Gasteiger partial charge in [-0.1, -0.05) is 12.1 Å². The SMILES string of the molecule is O=C(Cc1ccc(Oc2ccnc3cc(C4=CCNCC4)sc23)c(F)c1)CC1CC1. The average molecular weight is 423 g/mol. The molecule has 0 saturated heterocycles. The van der Waals surface area contributed by atoms with Gasteiger partial charge in [0.1, 0.15) is 11.5 Å². The molecule has 1 N–H and O–H groups in total. The van der Waals surface area contributed by atoms with Crippen LogP contribution in [0, 0.1) is 11.7 Å². The van der Waals surface area contributed by atoms with Gasteiger partial charge in [0.05, 0.1) is 10.2 Å². The lowest BCUT2D eigenvalue weighted by Crippen LogP contribution is -2.19. The maximum absolute atomic E-state index is 14.7. The van der Waals surface area contributed by atoms with E-state index in [0.717, 1.165) is 42.6 Å². The summed E-state index contributed by atoms with van der Waals surface area (Å²) in [6, 6.07) is 8.66. The van der Waals surface area contributed by atoms with Gasteiger partial charge in [0.2, 0.25) is 0 Å². The minimum Gasteiger partial charge on any atom is -0.453 e. The van der Waals surface area contributed by atoms with Crippen molar-refractivity contribution in [2.24, 2.45) is 5.92 Å². The lowest BCUT2D eigenvalue weighted by atomic mass is 10.0. The molecule has 1 saturated carbocycles. The first kappa shape index (κ1) is 19.4. The number of thiophene rings is 1. The Morgan fingerprint density at radius 1 is 1.23 bits per heavy atom. The Kier molecular flexibility index (Phi) is 5.35. The van der Waals surface area contributed by atoms with E-state index in [1.54, 1.807) is 35.7 Å². The summed E-state index contributed by atoms with van der Waals surface area (Å²) in [4.78, 5) is 17.7. The van der Waals surface area contributed by atoms with Crippen molar-refractivity contribution in [3.05, 3.63) is 58.9 Å². The van der Waals surface area contributed by atoms with Crippen molar-refractivity contribution >= 4 is 32.9 Å². The highest BCUT2D eigenvalue weighted by Crippen LogP contribution is 2.39. The van der Waals surface area contributed by atoms with Crippen molar-refractivity contribution in [3.8, 4) is 11.5 Å². The van der Waals surface area contributed by atoms with E-state index in [-0.39, 0.29) is 18.0 Å². The number of Topliss-reactive ketones (excluding diaryl/α,β-unsaturated/α-hetero) is 1. The van der Waals surface area contributed by atoms with E-state index in [1.165, 1.54) is 16.5 Å². The number of carbonyl (C=O) groups excluding carboxylic acids is 1. The first-order valence-corrected chi connectivity index (χ1v) is 11.2. The number of aromatic nitrogens is 1. The van der Waals surface area contributed by atoms with Gasteiger partial charge in [0, 0.05) is 36.5 Å². The molecule has 0 spiro atoms. The van der Waals surface area contributed by atoms with Crippen molar-refractivity contribution in [3.63, 3.8) is 0 Å². The maximum atomic E-state index is 14.7. The number of hydrogen-bond donors (Lipinski definition) is 1. The highest BCUT2D eigenvalue weighted by Gasteiger charge is 2.24. The van der Waals surface area contributed by atoms with Crippen LogP contribution in [0.4, 0.5) is 4.39 Å². The van der Waals surface area contributed by atoms with E-state index < -0.39 is 5.82 Å². The van der Waals surface area contributed by atoms with Crippen molar-refractivity contribution in [2.45, 2.75) is 32.1 Å². The van der Waals surface area contributed by atoms with Gasteiger partial charge in [-0.2, -0.15) is 0 Å². The van der Waals surface area contributed by atoms with E-state index in [2.05, 4.69) is 22.4 Å². The molecule has 0 bridgehead atoms. The number of ketones is 1. The molecule has 0 radical (unpaired) electrons. The summed E-state index contributed by atoms with van der Waals surface area (Å²) in [7, 11) is 0. The van der Waals surface area contributed by atoms with Crippen molar-refractivity contribution in [1.82, 2.24) is 10.3 Å². The zero-order valence-corrected chi connectivity index (χ0v) is 17.4. The smallest absolute Gasteiger partial charge is 0.166 e. The molecule has 1 aliphatic heterocycles. The Labute approximate surface area is 178 Å². The molecule has 5 rings (SSSR count). The fourth-order valence-corrected chi connectivity index (χ4v) is 4.93. The number of rotatable bonds is 7. The summed E-state index contributed by atoms with van der Waals surface area (Å²) in [6.45, 7) is 1.85. The predicted octanol–water partition coefficient (Wildman–Crippen LogP) is 5.52. The van der Waals surface area contributed by atoms with Crippen LogP contribution in [0.25, 0.3) is 15.8 Å². The molecule has 0 amide bonds. The van der Waals surface area contributed by atoms with Crippen LogP contribution in [0.1, 0.15) is 36.1 Å². The summed E-state index contributed by atoms with van der Waals surface area (Å²) < 4.78 is 21.5. The molecule has 2 aliphatic rings. The normalized spacial score (nSPS) is 16.5. The Morgan fingerprint density at radius 2 is 2.13 bits per heavy atom. The first-order chi connectivity index (χ1) is 14.7. The number of ether oxygens (including phenoxy) is 1. The van der Waals surface area contributed by atoms with E-state index in [0.29, 0.717) is 23.7 Å². The number of halogens is 1. The molecule has 3 heterocycles. The monoisotopic (exact) mass is 422 g/mol. The van der Waals surface area contributed by atoms with Crippen LogP contribution in [0.2, 0.25) is 0 Å². The minimum absolute atomic E-state index is 0.164. The van der Waals surface area contributed by atoms with E-state index in [9.17, 15) is 9.18 Å². The van der Waals surface area contributed by atoms with E-state index in [1.807, 2.05) is 0 Å². The molecule has 2 aromatic heterocycles. The molecular formula is C24H23FN2O2S. The van der Waals surface area contributed by atoms with Crippen LogP contribution >= 0.6 is 11.3 Å².